The van der Waals surface area contributed by atoms with Crippen molar-refractivity contribution in [3.05, 3.63) is 52.4 Å². The Morgan fingerprint density at radius 3 is 2.57 bits per heavy atom. The number of morpholine rings is 1. The topological polar surface area (TPSA) is 94.1 Å². The van der Waals surface area contributed by atoms with Gasteiger partial charge in [-0.1, -0.05) is 30.7 Å². The molecule has 37 heavy (non-hydrogen) atoms. The molecule has 0 spiro atoms. The number of carbonyl (C=O) groups is 1. The molecule has 0 amide bonds. The van der Waals surface area contributed by atoms with Crippen molar-refractivity contribution in [1.29, 1.82) is 0 Å². The molecule has 1 aromatic heterocycles. The minimum Gasteiger partial charge on any atom is -0.387 e. The number of hydrogen-bond donors (Lipinski definition) is 2. The van der Waals surface area contributed by atoms with Gasteiger partial charge in [0.05, 0.1) is 37.1 Å². The van der Waals surface area contributed by atoms with Crippen molar-refractivity contribution >= 4 is 23.7 Å². The molecule has 2 N–H and O–H groups in total. The van der Waals surface area contributed by atoms with Crippen LogP contribution in [0, 0.1) is 0 Å². The van der Waals surface area contributed by atoms with Gasteiger partial charge in [-0.15, -0.1) is 0 Å². The molecule has 4 atom stereocenters. The second kappa shape index (κ2) is 12.1. The number of carbonyl (C=O) groups excluding carboxylic acids is 1. The number of anilines is 1. The predicted molar refractivity (Wildman–Crippen MR) is 143 cm³/mol. The molecule has 2 saturated heterocycles. The number of halogens is 1. The molecule has 3 aliphatic rings. The van der Waals surface area contributed by atoms with Crippen LogP contribution in [0.3, 0.4) is 0 Å². The number of nitrogens with one attached hydrogen (secondary N) is 1. The Hall–Kier alpha value is -2.14. The summed E-state index contributed by atoms with van der Waals surface area (Å²) in [7, 11) is 0. The molecule has 0 bridgehead atoms. The van der Waals surface area contributed by atoms with E-state index in [1.165, 1.54) is 0 Å². The van der Waals surface area contributed by atoms with Crippen molar-refractivity contribution in [3.63, 3.8) is 0 Å². The highest BCUT2D eigenvalue weighted by Gasteiger charge is 2.36. The molecule has 10 heteroatoms. The van der Waals surface area contributed by atoms with E-state index < -0.39 is 6.10 Å². The molecular formula is C27H37ClN6O3. The van der Waals surface area contributed by atoms with Gasteiger partial charge in [0.1, 0.15) is 18.4 Å². The number of aldehydes is 1. The summed E-state index contributed by atoms with van der Waals surface area (Å²) < 4.78 is 5.45. The van der Waals surface area contributed by atoms with E-state index in [9.17, 15) is 9.90 Å². The van der Waals surface area contributed by atoms with E-state index in [2.05, 4.69) is 36.9 Å². The predicted octanol–water partition coefficient (Wildman–Crippen LogP) is 2.02. The summed E-state index contributed by atoms with van der Waals surface area (Å²) >= 11 is 6.19. The number of rotatable bonds is 9. The second-order valence-corrected chi connectivity index (χ2v) is 10.7. The van der Waals surface area contributed by atoms with E-state index in [0.717, 1.165) is 94.5 Å². The quantitative estimate of drug-likeness (QED) is 0.474. The molecule has 200 valence electrons. The Morgan fingerprint density at radius 2 is 1.86 bits per heavy atom. The maximum Gasteiger partial charge on any atom is 0.138 e. The van der Waals surface area contributed by atoms with Crippen molar-refractivity contribution in [2.45, 2.75) is 37.5 Å². The average molecular weight is 529 g/mol. The van der Waals surface area contributed by atoms with Crippen LogP contribution in [-0.4, -0.2) is 103 Å². The zero-order valence-electron chi connectivity index (χ0n) is 21.4. The number of aliphatic hydroxyl groups excluding tert-OH is 1. The summed E-state index contributed by atoms with van der Waals surface area (Å²) in [6, 6.07) is 7.41. The van der Waals surface area contributed by atoms with Gasteiger partial charge in [-0.05, 0) is 30.0 Å². The van der Waals surface area contributed by atoms with Crippen LogP contribution < -0.4 is 10.2 Å². The fourth-order valence-corrected chi connectivity index (χ4v) is 6.05. The van der Waals surface area contributed by atoms with Crippen LogP contribution in [0.1, 0.15) is 48.2 Å². The summed E-state index contributed by atoms with van der Waals surface area (Å²) in [5.41, 5.74) is 2.92. The number of piperazine rings is 1. The molecule has 2 unspecified atom stereocenters. The second-order valence-electron chi connectivity index (χ2n) is 10.2. The molecule has 2 fully saturated rings. The normalized spacial score (nSPS) is 24.6. The van der Waals surface area contributed by atoms with Crippen molar-refractivity contribution in [2.24, 2.45) is 0 Å². The number of benzene rings is 1. The first-order valence-corrected chi connectivity index (χ1v) is 13.7. The van der Waals surface area contributed by atoms with Gasteiger partial charge in [-0.3, -0.25) is 9.80 Å². The third-order valence-corrected chi connectivity index (χ3v) is 8.15. The molecule has 5 rings (SSSR count). The number of aliphatic hydroxyl groups is 1. The fraction of sp³-hybridized carbons (Fsp3) is 0.593. The van der Waals surface area contributed by atoms with Crippen LogP contribution in [0.4, 0.5) is 5.82 Å². The number of aromatic nitrogens is 2. The molecule has 2 aromatic rings. The van der Waals surface area contributed by atoms with Gasteiger partial charge < -0.3 is 24.9 Å². The van der Waals surface area contributed by atoms with Gasteiger partial charge in [0, 0.05) is 62.9 Å². The molecule has 0 radical (unpaired) electrons. The zero-order chi connectivity index (χ0) is 25.8. The number of hydrogen-bond acceptors (Lipinski definition) is 9. The molecular weight excluding hydrogens is 492 g/mol. The number of fused-ring (bicyclic) bond motifs is 1. The summed E-state index contributed by atoms with van der Waals surface area (Å²) in [4.78, 5) is 28.4. The Balaban J connectivity index is 1.29. The van der Waals surface area contributed by atoms with Crippen molar-refractivity contribution in [1.82, 2.24) is 25.1 Å². The van der Waals surface area contributed by atoms with E-state index >= 15 is 0 Å². The minimum absolute atomic E-state index is 0.0986. The van der Waals surface area contributed by atoms with Gasteiger partial charge in [-0.25, -0.2) is 9.97 Å². The highest BCUT2D eigenvalue weighted by molar-refractivity contribution is 6.30. The molecule has 2 aliphatic heterocycles. The minimum atomic E-state index is -0.515. The lowest BCUT2D eigenvalue weighted by atomic mass is 9.97. The van der Waals surface area contributed by atoms with E-state index in [-0.39, 0.29) is 18.0 Å². The van der Waals surface area contributed by atoms with Crippen LogP contribution in [0.25, 0.3) is 0 Å². The lowest BCUT2D eigenvalue weighted by Crippen LogP contribution is -2.54. The third-order valence-electron chi connectivity index (χ3n) is 7.90. The van der Waals surface area contributed by atoms with Gasteiger partial charge in [0.2, 0.25) is 0 Å². The summed E-state index contributed by atoms with van der Waals surface area (Å²) in [6.07, 6.45) is 2.79. The Bertz CT molecular complexity index is 1040. The Morgan fingerprint density at radius 1 is 1.14 bits per heavy atom. The summed E-state index contributed by atoms with van der Waals surface area (Å²) in [5.74, 6) is 1.17. The zero-order valence-corrected chi connectivity index (χ0v) is 22.2. The largest absolute Gasteiger partial charge is 0.387 e. The van der Waals surface area contributed by atoms with E-state index in [1.54, 1.807) is 6.33 Å². The van der Waals surface area contributed by atoms with Crippen molar-refractivity contribution in [2.75, 3.05) is 70.5 Å². The van der Waals surface area contributed by atoms with Crippen LogP contribution in [0.15, 0.2) is 30.6 Å². The standard InChI is InChI=1S/C27H37ClN6O3/c1-19-16-23(36)25-24(19)27(31-18-30-25)34-10-8-33(9-11-34)26(20-2-4-21(28)5-3-20)22(17-35)29-6-7-32-12-14-37-15-13-32/h2-5,17-19,22-23,26,29,36H,6-16H2,1H3/t19-,22?,23-,26?/m1/s1. The molecule has 1 aromatic carbocycles. The Labute approximate surface area is 223 Å². The maximum atomic E-state index is 12.4. The average Bonchev–Trinajstić information content (AvgIpc) is 3.23. The molecule has 3 heterocycles. The number of nitrogens with zero attached hydrogens (tertiary/aromatic N) is 5. The number of ether oxygens (including phenoxy) is 1. The van der Waals surface area contributed by atoms with Gasteiger partial charge in [0.25, 0.3) is 0 Å². The SMILES string of the molecule is C[C@@H]1C[C@@H](O)c2ncnc(N3CCN(C(c4ccc(Cl)cc4)C(C=O)NCCN4CCOCC4)CC3)c21. The summed E-state index contributed by atoms with van der Waals surface area (Å²) in [6.45, 7) is 10.3. The van der Waals surface area contributed by atoms with Crippen molar-refractivity contribution < 1.29 is 14.6 Å². The van der Waals surface area contributed by atoms with Gasteiger partial charge in [0.15, 0.2) is 0 Å². The first-order chi connectivity index (χ1) is 18.0. The van der Waals surface area contributed by atoms with Crippen LogP contribution >= 0.6 is 11.6 Å². The smallest absolute Gasteiger partial charge is 0.138 e. The highest BCUT2D eigenvalue weighted by atomic mass is 35.5. The van der Waals surface area contributed by atoms with E-state index in [1.807, 2.05) is 24.3 Å². The van der Waals surface area contributed by atoms with E-state index in [0.29, 0.717) is 11.4 Å². The lowest BCUT2D eigenvalue weighted by molar-refractivity contribution is -0.111. The first kappa shape index (κ1) is 26.5. The Kier molecular flexibility index (Phi) is 8.69. The van der Waals surface area contributed by atoms with Gasteiger partial charge >= 0.3 is 0 Å². The molecule has 0 saturated carbocycles. The molecule has 9 nitrogen and oxygen atoms in total. The van der Waals surface area contributed by atoms with Crippen LogP contribution in [0.5, 0.6) is 0 Å². The first-order valence-electron chi connectivity index (χ1n) is 13.3. The monoisotopic (exact) mass is 528 g/mol. The fourth-order valence-electron chi connectivity index (χ4n) is 5.92. The lowest BCUT2D eigenvalue weighted by Gasteiger charge is -2.42. The summed E-state index contributed by atoms with van der Waals surface area (Å²) in [5, 5.41) is 14.6. The van der Waals surface area contributed by atoms with Gasteiger partial charge in [-0.2, -0.15) is 0 Å². The van der Waals surface area contributed by atoms with Crippen molar-refractivity contribution in [3.8, 4) is 0 Å². The van der Waals surface area contributed by atoms with E-state index in [4.69, 9.17) is 16.3 Å². The van der Waals surface area contributed by atoms with Crippen LogP contribution in [0.2, 0.25) is 5.02 Å². The van der Waals surface area contributed by atoms with Crippen LogP contribution in [-0.2, 0) is 9.53 Å². The highest BCUT2D eigenvalue weighted by Crippen LogP contribution is 2.43. The third kappa shape index (κ3) is 5.97. The maximum absolute atomic E-state index is 12.4. The molecule has 1 aliphatic carbocycles.